The molecule has 0 radical (unpaired) electrons. The van der Waals surface area contributed by atoms with E-state index in [9.17, 15) is 18.0 Å². The minimum atomic E-state index is -3.85. The van der Waals surface area contributed by atoms with Crippen LogP contribution < -0.4 is 10.0 Å². The molecule has 0 bridgehead atoms. The average molecular weight is 585 g/mol. The zero-order valence-corrected chi connectivity index (χ0v) is 25.8. The molecule has 0 fully saturated rings. The van der Waals surface area contributed by atoms with Crippen LogP contribution in [0.5, 0.6) is 0 Å². The molecule has 40 heavy (non-hydrogen) atoms. The number of carbonyl (C=O) groups excluding carboxylic acids is 2. The van der Waals surface area contributed by atoms with Crippen molar-refractivity contribution < 1.29 is 22.7 Å². The van der Waals surface area contributed by atoms with E-state index in [1.54, 1.807) is 65.0 Å². The number of hydrogen-bond donors (Lipinski definition) is 2. The van der Waals surface area contributed by atoms with Crippen molar-refractivity contribution in [1.82, 2.24) is 5.32 Å². The molecule has 9 heteroatoms. The Morgan fingerprint density at radius 2 is 1.52 bits per heavy atom. The van der Waals surface area contributed by atoms with Gasteiger partial charge in [-0.15, -0.1) is 0 Å². The molecule has 0 aromatic heterocycles. The second-order valence-corrected chi connectivity index (χ2v) is 13.1. The van der Waals surface area contributed by atoms with E-state index in [-0.39, 0.29) is 10.8 Å². The van der Waals surface area contributed by atoms with Gasteiger partial charge in [-0.3, -0.25) is 9.52 Å². The SMILES string of the molecule is CC[C@H](NC(=O)c1c(C)cc(-c2cccc(NS(=O)(=O)c3cc(C)c(Cl)cc3C)c2)cc1C)C(=O)OC(C)(C)C. The smallest absolute Gasteiger partial charge is 0.329 e. The first-order chi connectivity index (χ1) is 18.5. The van der Waals surface area contributed by atoms with Crippen molar-refractivity contribution in [2.75, 3.05) is 4.72 Å². The predicted octanol–water partition coefficient (Wildman–Crippen LogP) is 6.89. The average Bonchev–Trinajstić information content (AvgIpc) is 2.83. The molecule has 0 saturated carbocycles. The minimum absolute atomic E-state index is 0.165. The summed E-state index contributed by atoms with van der Waals surface area (Å²) in [7, 11) is -3.85. The number of carbonyl (C=O) groups is 2. The van der Waals surface area contributed by atoms with Gasteiger partial charge in [0, 0.05) is 16.3 Å². The van der Waals surface area contributed by atoms with Crippen LogP contribution in [0.3, 0.4) is 0 Å². The summed E-state index contributed by atoms with van der Waals surface area (Å²) in [4.78, 5) is 25.9. The van der Waals surface area contributed by atoms with E-state index in [1.165, 1.54) is 0 Å². The first-order valence-electron chi connectivity index (χ1n) is 13.1. The normalized spacial score (nSPS) is 12.5. The van der Waals surface area contributed by atoms with Gasteiger partial charge in [-0.05, 0) is 113 Å². The highest BCUT2D eigenvalue weighted by Gasteiger charge is 2.27. The first kappa shape index (κ1) is 31.2. The summed E-state index contributed by atoms with van der Waals surface area (Å²) in [6.45, 7) is 14.3. The van der Waals surface area contributed by atoms with Crippen LogP contribution >= 0.6 is 11.6 Å². The lowest BCUT2D eigenvalue weighted by molar-refractivity contribution is -0.157. The van der Waals surface area contributed by atoms with Crippen molar-refractivity contribution in [1.29, 1.82) is 0 Å². The molecule has 0 saturated heterocycles. The molecule has 3 aromatic rings. The fraction of sp³-hybridized carbons (Fsp3) is 0.355. The highest BCUT2D eigenvalue weighted by atomic mass is 35.5. The van der Waals surface area contributed by atoms with Gasteiger partial charge in [-0.1, -0.05) is 42.8 Å². The van der Waals surface area contributed by atoms with E-state index in [0.29, 0.717) is 33.8 Å². The van der Waals surface area contributed by atoms with Crippen molar-refractivity contribution >= 4 is 39.2 Å². The lowest BCUT2D eigenvalue weighted by Gasteiger charge is -2.24. The number of amides is 1. The van der Waals surface area contributed by atoms with Gasteiger partial charge in [-0.2, -0.15) is 0 Å². The van der Waals surface area contributed by atoms with E-state index in [0.717, 1.165) is 22.3 Å². The molecule has 0 unspecified atom stereocenters. The van der Waals surface area contributed by atoms with Gasteiger partial charge in [-0.25, -0.2) is 13.2 Å². The number of anilines is 1. The molecule has 3 aromatic carbocycles. The number of halogens is 1. The van der Waals surface area contributed by atoms with Crippen molar-refractivity contribution in [3.05, 3.63) is 81.4 Å². The van der Waals surface area contributed by atoms with Gasteiger partial charge >= 0.3 is 5.97 Å². The molecule has 7 nitrogen and oxygen atoms in total. The maximum Gasteiger partial charge on any atom is 0.329 e. The predicted molar refractivity (Wildman–Crippen MR) is 160 cm³/mol. The van der Waals surface area contributed by atoms with Crippen LogP contribution in [0, 0.1) is 27.7 Å². The topological polar surface area (TPSA) is 102 Å². The molecular weight excluding hydrogens is 548 g/mol. The summed E-state index contributed by atoms with van der Waals surface area (Å²) >= 11 is 6.15. The Kier molecular flexibility index (Phi) is 9.37. The van der Waals surface area contributed by atoms with E-state index >= 15 is 0 Å². The van der Waals surface area contributed by atoms with E-state index in [1.807, 2.05) is 39.0 Å². The fourth-order valence-corrected chi connectivity index (χ4v) is 6.02. The minimum Gasteiger partial charge on any atom is -0.458 e. The van der Waals surface area contributed by atoms with Gasteiger partial charge in [0.1, 0.15) is 11.6 Å². The number of aryl methyl sites for hydroxylation is 4. The molecule has 1 amide bonds. The Hall–Kier alpha value is -3.36. The number of ether oxygens (including phenoxy) is 1. The first-order valence-corrected chi connectivity index (χ1v) is 14.9. The van der Waals surface area contributed by atoms with Crippen LogP contribution in [0.15, 0.2) is 53.4 Å². The van der Waals surface area contributed by atoms with E-state index in [2.05, 4.69) is 10.0 Å². The van der Waals surface area contributed by atoms with Gasteiger partial charge < -0.3 is 10.1 Å². The van der Waals surface area contributed by atoms with Crippen molar-refractivity contribution in [2.45, 2.75) is 78.3 Å². The Morgan fingerprint density at radius 3 is 2.10 bits per heavy atom. The fourth-order valence-electron chi connectivity index (χ4n) is 4.44. The summed E-state index contributed by atoms with van der Waals surface area (Å²) in [5.41, 5.74) is 4.52. The molecule has 0 aliphatic carbocycles. The highest BCUT2D eigenvalue weighted by Crippen LogP contribution is 2.30. The summed E-state index contributed by atoms with van der Waals surface area (Å²) < 4.78 is 34.4. The van der Waals surface area contributed by atoms with Crippen LogP contribution in [0.2, 0.25) is 5.02 Å². The van der Waals surface area contributed by atoms with Gasteiger partial charge in [0.05, 0.1) is 4.90 Å². The Bertz CT molecular complexity index is 1540. The molecule has 1 atom stereocenters. The molecular formula is C31H37ClN2O5S. The summed E-state index contributed by atoms with van der Waals surface area (Å²) in [5, 5.41) is 3.32. The lowest BCUT2D eigenvalue weighted by Crippen LogP contribution is -2.44. The Morgan fingerprint density at radius 1 is 0.900 bits per heavy atom. The van der Waals surface area contributed by atoms with Crippen molar-refractivity contribution in [3.63, 3.8) is 0 Å². The molecule has 3 rings (SSSR count). The molecule has 214 valence electrons. The van der Waals surface area contributed by atoms with Gasteiger partial charge in [0.15, 0.2) is 0 Å². The zero-order chi connectivity index (χ0) is 30.0. The second kappa shape index (κ2) is 12.0. The summed E-state index contributed by atoms with van der Waals surface area (Å²) in [6, 6.07) is 13.3. The molecule has 0 spiro atoms. The third-order valence-electron chi connectivity index (χ3n) is 6.36. The maximum absolute atomic E-state index is 13.2. The number of hydrogen-bond acceptors (Lipinski definition) is 5. The zero-order valence-electron chi connectivity index (χ0n) is 24.2. The summed E-state index contributed by atoms with van der Waals surface area (Å²) in [5.74, 6) is -0.826. The quantitative estimate of drug-likeness (QED) is 0.281. The lowest BCUT2D eigenvalue weighted by atomic mass is 9.94. The number of nitrogens with one attached hydrogen (secondary N) is 2. The van der Waals surface area contributed by atoms with Crippen LogP contribution in [-0.2, 0) is 19.6 Å². The molecule has 0 aliphatic heterocycles. The Labute approximate surface area is 242 Å². The van der Waals surface area contributed by atoms with Gasteiger partial charge in [0.2, 0.25) is 0 Å². The third-order valence-corrected chi connectivity index (χ3v) is 8.29. The molecule has 2 N–H and O–H groups in total. The maximum atomic E-state index is 13.2. The highest BCUT2D eigenvalue weighted by molar-refractivity contribution is 7.92. The monoisotopic (exact) mass is 584 g/mol. The third kappa shape index (κ3) is 7.43. The van der Waals surface area contributed by atoms with Gasteiger partial charge in [0.25, 0.3) is 15.9 Å². The molecule has 0 aliphatic rings. The Balaban J connectivity index is 1.87. The number of sulfonamides is 1. The number of rotatable bonds is 8. The summed E-state index contributed by atoms with van der Waals surface area (Å²) in [6.07, 6.45) is 0.397. The largest absolute Gasteiger partial charge is 0.458 e. The van der Waals surface area contributed by atoms with Crippen LogP contribution in [0.25, 0.3) is 11.1 Å². The standard InChI is InChI=1S/C31H37ClN2O5S/c1-9-26(30(36)39-31(6,7)8)33-29(35)28-20(4)13-23(14-21(28)5)22-11-10-12-24(17-22)34-40(37,38)27-16-18(2)25(32)15-19(27)3/h10-17,26,34H,9H2,1-8H3,(H,33,35)/t26-/m0/s1. The van der Waals surface area contributed by atoms with Crippen LogP contribution in [0.1, 0.15) is 66.7 Å². The van der Waals surface area contributed by atoms with Crippen LogP contribution in [0.4, 0.5) is 5.69 Å². The van der Waals surface area contributed by atoms with E-state index in [4.69, 9.17) is 16.3 Å². The number of benzene rings is 3. The van der Waals surface area contributed by atoms with Crippen molar-refractivity contribution in [2.24, 2.45) is 0 Å². The van der Waals surface area contributed by atoms with Crippen molar-refractivity contribution in [3.8, 4) is 11.1 Å². The molecule has 0 heterocycles. The number of esters is 1. The second-order valence-electron chi connectivity index (χ2n) is 11.0. The van der Waals surface area contributed by atoms with Crippen LogP contribution in [-0.4, -0.2) is 31.9 Å². The van der Waals surface area contributed by atoms with E-state index < -0.39 is 27.6 Å².